The van der Waals surface area contributed by atoms with E-state index in [4.69, 9.17) is 0 Å². The van der Waals surface area contributed by atoms with Crippen molar-refractivity contribution in [1.29, 1.82) is 0 Å². The van der Waals surface area contributed by atoms with Gasteiger partial charge >= 0.3 is 0 Å². The molecule has 1 fully saturated rings. The Morgan fingerprint density at radius 3 is 2.67 bits per heavy atom. The highest BCUT2D eigenvalue weighted by Gasteiger charge is 2.29. The van der Waals surface area contributed by atoms with Gasteiger partial charge in [0.2, 0.25) is 5.91 Å². The lowest BCUT2D eigenvalue weighted by Gasteiger charge is -2.23. The van der Waals surface area contributed by atoms with Gasteiger partial charge in [-0.25, -0.2) is 0 Å². The molecular formula is C15H20BrNO. The molecule has 0 radical (unpaired) electrons. The van der Waals surface area contributed by atoms with Crippen LogP contribution in [0.3, 0.4) is 0 Å². The van der Waals surface area contributed by atoms with Crippen molar-refractivity contribution in [3.63, 3.8) is 0 Å². The molecule has 0 saturated carbocycles. The highest BCUT2D eigenvalue weighted by molar-refractivity contribution is 9.09. The summed E-state index contributed by atoms with van der Waals surface area (Å²) in [5.74, 6) is 1.28. The molecule has 18 heavy (non-hydrogen) atoms. The predicted octanol–water partition coefficient (Wildman–Crippen LogP) is 3.42. The van der Waals surface area contributed by atoms with Crippen LogP contribution >= 0.6 is 15.9 Å². The van der Waals surface area contributed by atoms with Crippen LogP contribution in [-0.4, -0.2) is 29.2 Å². The van der Waals surface area contributed by atoms with Gasteiger partial charge in [0.1, 0.15) is 0 Å². The van der Waals surface area contributed by atoms with Crippen molar-refractivity contribution in [2.75, 3.05) is 18.4 Å². The molecular weight excluding hydrogens is 290 g/mol. The monoisotopic (exact) mass is 309 g/mol. The molecule has 0 bridgehead atoms. The second-order valence-corrected chi connectivity index (χ2v) is 5.69. The third kappa shape index (κ3) is 3.14. The van der Waals surface area contributed by atoms with Crippen molar-refractivity contribution in [3.05, 3.63) is 35.9 Å². The fourth-order valence-electron chi connectivity index (χ4n) is 2.54. The summed E-state index contributed by atoms with van der Waals surface area (Å²) in [5, 5.41) is 0.900. The molecule has 2 atom stereocenters. The average Bonchev–Trinajstić information content (AvgIpc) is 2.77. The summed E-state index contributed by atoms with van der Waals surface area (Å²) in [5.41, 5.74) is 1.31. The van der Waals surface area contributed by atoms with Crippen molar-refractivity contribution >= 4 is 21.8 Å². The predicted molar refractivity (Wildman–Crippen MR) is 78.0 cm³/mol. The van der Waals surface area contributed by atoms with Gasteiger partial charge in [0.15, 0.2) is 0 Å². The molecule has 1 aromatic rings. The number of hydrogen-bond acceptors (Lipinski definition) is 1. The molecule has 3 heteroatoms. The maximum absolute atomic E-state index is 11.9. The van der Waals surface area contributed by atoms with Crippen molar-refractivity contribution < 1.29 is 4.79 Å². The van der Waals surface area contributed by atoms with E-state index < -0.39 is 0 Å². The molecule has 1 heterocycles. The van der Waals surface area contributed by atoms with Crippen molar-refractivity contribution in [2.45, 2.75) is 25.7 Å². The summed E-state index contributed by atoms with van der Waals surface area (Å²) >= 11 is 3.57. The zero-order chi connectivity index (χ0) is 13.0. The van der Waals surface area contributed by atoms with E-state index in [1.807, 2.05) is 11.0 Å². The van der Waals surface area contributed by atoms with E-state index in [1.54, 1.807) is 0 Å². The Hall–Kier alpha value is -0.830. The lowest BCUT2D eigenvalue weighted by molar-refractivity contribution is -0.127. The first-order chi connectivity index (χ1) is 8.74. The van der Waals surface area contributed by atoms with E-state index in [2.05, 4.69) is 47.1 Å². The molecule has 98 valence electrons. The third-order valence-corrected chi connectivity index (χ3v) is 4.55. The van der Waals surface area contributed by atoms with E-state index in [9.17, 15) is 4.79 Å². The minimum atomic E-state index is 0.323. The smallest absolute Gasteiger partial charge is 0.222 e. The average molecular weight is 310 g/mol. The van der Waals surface area contributed by atoms with Gasteiger partial charge in [-0.3, -0.25) is 4.79 Å². The Bertz CT molecular complexity index is 393. The van der Waals surface area contributed by atoms with Crippen LogP contribution in [0, 0.1) is 5.92 Å². The minimum Gasteiger partial charge on any atom is -0.342 e. The van der Waals surface area contributed by atoms with Crippen molar-refractivity contribution in [2.24, 2.45) is 5.92 Å². The van der Waals surface area contributed by atoms with Crippen LogP contribution in [0.25, 0.3) is 0 Å². The van der Waals surface area contributed by atoms with Gasteiger partial charge in [0.05, 0.1) is 0 Å². The summed E-state index contributed by atoms with van der Waals surface area (Å²) in [6.07, 6.45) is 1.84. The Morgan fingerprint density at radius 1 is 1.39 bits per heavy atom. The summed E-state index contributed by atoms with van der Waals surface area (Å²) < 4.78 is 0. The van der Waals surface area contributed by atoms with Gasteiger partial charge in [-0.05, 0) is 11.5 Å². The van der Waals surface area contributed by atoms with E-state index in [1.165, 1.54) is 5.56 Å². The standard InChI is InChI=1S/C15H20BrNO/c1-2-12-8-15(18)17(10-12)11-14(9-16)13-6-4-3-5-7-13/h3-7,12,14H,2,8-11H2,1H3. The Morgan fingerprint density at radius 2 is 2.11 bits per heavy atom. The number of carbonyl (C=O) groups excluding carboxylic acids is 1. The van der Waals surface area contributed by atoms with E-state index in [-0.39, 0.29) is 0 Å². The summed E-state index contributed by atoms with van der Waals surface area (Å²) in [4.78, 5) is 14.0. The van der Waals surface area contributed by atoms with E-state index in [0.717, 1.165) is 31.3 Å². The number of likely N-dealkylation sites (tertiary alicyclic amines) is 1. The number of hydrogen-bond donors (Lipinski definition) is 0. The van der Waals surface area contributed by atoms with Crippen LogP contribution in [-0.2, 0) is 4.79 Å². The van der Waals surface area contributed by atoms with Crippen LogP contribution < -0.4 is 0 Å². The second kappa shape index (κ2) is 6.37. The summed E-state index contributed by atoms with van der Waals surface area (Å²) in [7, 11) is 0. The van der Waals surface area contributed by atoms with Crippen LogP contribution in [0.15, 0.2) is 30.3 Å². The van der Waals surface area contributed by atoms with Gasteiger partial charge in [0.25, 0.3) is 0 Å². The maximum Gasteiger partial charge on any atom is 0.222 e. The van der Waals surface area contributed by atoms with Crippen LogP contribution in [0.1, 0.15) is 31.2 Å². The van der Waals surface area contributed by atoms with Gasteiger partial charge < -0.3 is 4.90 Å². The Balaban J connectivity index is 2.01. The highest BCUT2D eigenvalue weighted by Crippen LogP contribution is 2.25. The van der Waals surface area contributed by atoms with Crippen molar-refractivity contribution in [3.8, 4) is 0 Å². The Labute approximate surface area is 117 Å². The molecule has 1 amide bonds. The molecule has 2 nitrogen and oxygen atoms in total. The number of halogens is 1. The Kier molecular flexibility index (Phi) is 4.81. The van der Waals surface area contributed by atoms with Crippen LogP contribution in [0.4, 0.5) is 0 Å². The number of rotatable bonds is 5. The first-order valence-electron chi connectivity index (χ1n) is 6.63. The molecule has 0 aliphatic carbocycles. The summed E-state index contributed by atoms with van der Waals surface area (Å²) in [6, 6.07) is 10.4. The largest absolute Gasteiger partial charge is 0.342 e. The molecule has 1 saturated heterocycles. The van der Waals surface area contributed by atoms with Crippen molar-refractivity contribution in [1.82, 2.24) is 4.90 Å². The number of nitrogens with zero attached hydrogens (tertiary/aromatic N) is 1. The number of alkyl halides is 1. The van der Waals surface area contributed by atoms with Crippen LogP contribution in [0.2, 0.25) is 0 Å². The first-order valence-corrected chi connectivity index (χ1v) is 7.75. The SMILES string of the molecule is CCC1CC(=O)N(CC(CBr)c2ccccc2)C1. The zero-order valence-corrected chi connectivity index (χ0v) is 12.4. The molecule has 0 aromatic heterocycles. The first kappa shape index (κ1) is 13.6. The number of carbonyl (C=O) groups is 1. The highest BCUT2D eigenvalue weighted by atomic mass is 79.9. The molecule has 1 aliphatic rings. The third-order valence-electron chi connectivity index (χ3n) is 3.77. The molecule has 1 aliphatic heterocycles. The van der Waals surface area contributed by atoms with E-state index >= 15 is 0 Å². The molecule has 0 N–H and O–H groups in total. The van der Waals surface area contributed by atoms with Crippen LogP contribution in [0.5, 0.6) is 0 Å². The number of amides is 1. The quantitative estimate of drug-likeness (QED) is 0.763. The van der Waals surface area contributed by atoms with Gasteiger partial charge in [-0.1, -0.05) is 59.6 Å². The lowest BCUT2D eigenvalue weighted by Crippen LogP contribution is -2.30. The maximum atomic E-state index is 11.9. The topological polar surface area (TPSA) is 20.3 Å². The zero-order valence-electron chi connectivity index (χ0n) is 10.8. The normalized spacial score (nSPS) is 21.3. The second-order valence-electron chi connectivity index (χ2n) is 5.04. The minimum absolute atomic E-state index is 0.323. The fraction of sp³-hybridized carbons (Fsp3) is 0.533. The molecule has 2 rings (SSSR count). The van der Waals surface area contributed by atoms with E-state index in [0.29, 0.717) is 17.7 Å². The van der Waals surface area contributed by atoms with Gasteiger partial charge in [0, 0.05) is 30.8 Å². The molecule has 2 unspecified atom stereocenters. The number of benzene rings is 1. The summed E-state index contributed by atoms with van der Waals surface area (Å²) in [6.45, 7) is 3.94. The lowest BCUT2D eigenvalue weighted by atomic mass is 10.0. The molecule has 1 aromatic carbocycles. The molecule has 0 spiro atoms. The van der Waals surface area contributed by atoms with Gasteiger partial charge in [-0.15, -0.1) is 0 Å². The fourth-order valence-corrected chi connectivity index (χ4v) is 3.12. The van der Waals surface area contributed by atoms with Gasteiger partial charge in [-0.2, -0.15) is 0 Å².